The summed E-state index contributed by atoms with van der Waals surface area (Å²) in [5, 5.41) is 6.24. The zero-order chi connectivity index (χ0) is 17.1. The Hall–Kier alpha value is -1.66. The summed E-state index contributed by atoms with van der Waals surface area (Å²) < 4.78 is 10.5. The summed E-state index contributed by atoms with van der Waals surface area (Å²) in [6.07, 6.45) is 4.97. The molecule has 0 saturated carbocycles. The Morgan fingerprint density at radius 2 is 2.00 bits per heavy atom. The zero-order valence-corrected chi connectivity index (χ0v) is 14.6. The van der Waals surface area contributed by atoms with Crippen molar-refractivity contribution in [1.82, 2.24) is 15.6 Å². The molecule has 0 aliphatic rings. The number of alkyl carbamates (subject to hydrolysis) is 1. The van der Waals surface area contributed by atoms with Crippen LogP contribution in [0.3, 0.4) is 0 Å². The van der Waals surface area contributed by atoms with Crippen LogP contribution in [0.1, 0.15) is 39.2 Å². The monoisotopic (exact) mass is 323 g/mol. The second-order valence-corrected chi connectivity index (χ2v) is 6.46. The minimum atomic E-state index is -0.464. The van der Waals surface area contributed by atoms with Crippen LogP contribution < -0.4 is 10.6 Å². The standard InChI is InChI=1S/C17H29N3O3/c1-17(2,3)23-16(21)19-9-5-6-15(13-22-4)20-12-14-7-10-18-11-8-14/h7-8,10-11,15,20H,5-6,9,12-13H2,1-4H3,(H,19,21). The molecule has 1 heterocycles. The van der Waals surface area contributed by atoms with Gasteiger partial charge in [-0.1, -0.05) is 0 Å². The molecule has 1 aromatic rings. The SMILES string of the molecule is COCC(CCCNC(=O)OC(C)(C)C)NCc1ccncc1. The Morgan fingerprint density at radius 3 is 2.61 bits per heavy atom. The Morgan fingerprint density at radius 1 is 1.30 bits per heavy atom. The highest BCUT2D eigenvalue weighted by atomic mass is 16.6. The molecule has 1 aromatic heterocycles. The Bertz CT molecular complexity index is 446. The van der Waals surface area contributed by atoms with Gasteiger partial charge in [0.05, 0.1) is 6.61 Å². The van der Waals surface area contributed by atoms with Crippen LogP contribution >= 0.6 is 0 Å². The smallest absolute Gasteiger partial charge is 0.407 e. The van der Waals surface area contributed by atoms with Crippen LogP contribution in [0.15, 0.2) is 24.5 Å². The van der Waals surface area contributed by atoms with Gasteiger partial charge in [0.2, 0.25) is 0 Å². The van der Waals surface area contributed by atoms with Gasteiger partial charge in [-0.05, 0) is 51.3 Å². The number of hydrogen-bond acceptors (Lipinski definition) is 5. The highest BCUT2D eigenvalue weighted by Crippen LogP contribution is 2.06. The van der Waals surface area contributed by atoms with Crippen LogP contribution in [0.25, 0.3) is 0 Å². The van der Waals surface area contributed by atoms with Crippen molar-refractivity contribution in [3.63, 3.8) is 0 Å². The summed E-state index contributed by atoms with van der Waals surface area (Å²) in [6, 6.07) is 4.22. The summed E-state index contributed by atoms with van der Waals surface area (Å²) >= 11 is 0. The molecule has 6 heteroatoms. The topological polar surface area (TPSA) is 72.5 Å². The zero-order valence-electron chi connectivity index (χ0n) is 14.6. The fourth-order valence-corrected chi connectivity index (χ4v) is 2.06. The molecule has 0 saturated heterocycles. The predicted octanol–water partition coefficient (Wildman–Crippen LogP) is 2.49. The number of amides is 1. The van der Waals surface area contributed by atoms with Gasteiger partial charge in [-0.3, -0.25) is 4.98 Å². The van der Waals surface area contributed by atoms with Gasteiger partial charge < -0.3 is 20.1 Å². The first-order valence-corrected chi connectivity index (χ1v) is 7.99. The number of ether oxygens (including phenoxy) is 2. The quantitative estimate of drug-likeness (QED) is 0.683. The molecule has 0 fully saturated rings. The maximum absolute atomic E-state index is 11.6. The summed E-state index contributed by atoms with van der Waals surface area (Å²) in [5.74, 6) is 0. The second-order valence-electron chi connectivity index (χ2n) is 6.46. The first-order valence-electron chi connectivity index (χ1n) is 7.99. The predicted molar refractivity (Wildman–Crippen MR) is 90.2 cm³/mol. The summed E-state index contributed by atoms with van der Waals surface area (Å²) in [4.78, 5) is 15.6. The molecule has 0 spiro atoms. The number of nitrogens with zero attached hydrogens (tertiary/aromatic N) is 1. The molecule has 1 rings (SSSR count). The van der Waals surface area contributed by atoms with Crippen molar-refractivity contribution in [2.75, 3.05) is 20.3 Å². The lowest BCUT2D eigenvalue weighted by atomic mass is 10.1. The maximum atomic E-state index is 11.6. The average molecular weight is 323 g/mol. The summed E-state index contributed by atoms with van der Waals surface area (Å²) in [6.45, 7) is 7.55. The molecule has 130 valence electrons. The molecular formula is C17H29N3O3. The fraction of sp³-hybridized carbons (Fsp3) is 0.647. The van der Waals surface area contributed by atoms with Crippen molar-refractivity contribution in [1.29, 1.82) is 0 Å². The van der Waals surface area contributed by atoms with E-state index in [0.717, 1.165) is 19.4 Å². The van der Waals surface area contributed by atoms with Gasteiger partial charge in [-0.15, -0.1) is 0 Å². The number of nitrogens with one attached hydrogen (secondary N) is 2. The Balaban J connectivity index is 2.24. The minimum absolute atomic E-state index is 0.244. The van der Waals surface area contributed by atoms with E-state index in [9.17, 15) is 4.79 Å². The average Bonchev–Trinajstić information content (AvgIpc) is 2.48. The Kier molecular flexibility index (Phi) is 8.58. The van der Waals surface area contributed by atoms with E-state index in [1.54, 1.807) is 19.5 Å². The van der Waals surface area contributed by atoms with Crippen LogP contribution in [0.5, 0.6) is 0 Å². The van der Waals surface area contributed by atoms with Crippen LogP contribution in [0.4, 0.5) is 4.79 Å². The number of methoxy groups -OCH3 is 1. The third kappa shape index (κ3) is 9.86. The molecule has 1 amide bonds. The minimum Gasteiger partial charge on any atom is -0.444 e. The molecule has 0 aliphatic carbocycles. The van der Waals surface area contributed by atoms with Crippen LogP contribution in [-0.2, 0) is 16.0 Å². The van der Waals surface area contributed by atoms with Crippen molar-refractivity contribution >= 4 is 6.09 Å². The van der Waals surface area contributed by atoms with Crippen molar-refractivity contribution in [3.05, 3.63) is 30.1 Å². The molecule has 2 N–H and O–H groups in total. The lowest BCUT2D eigenvalue weighted by Gasteiger charge is -2.20. The van der Waals surface area contributed by atoms with Gasteiger partial charge in [-0.2, -0.15) is 0 Å². The largest absolute Gasteiger partial charge is 0.444 e. The Labute approximate surface area is 139 Å². The molecule has 0 aliphatic heterocycles. The molecule has 1 unspecified atom stereocenters. The van der Waals surface area contributed by atoms with Crippen molar-refractivity contribution in [2.45, 2.75) is 51.8 Å². The lowest BCUT2D eigenvalue weighted by Crippen LogP contribution is -2.35. The van der Waals surface area contributed by atoms with Crippen molar-refractivity contribution < 1.29 is 14.3 Å². The first kappa shape index (κ1) is 19.4. The van der Waals surface area contributed by atoms with Crippen molar-refractivity contribution in [2.24, 2.45) is 0 Å². The normalized spacial score (nSPS) is 12.7. The highest BCUT2D eigenvalue weighted by molar-refractivity contribution is 5.67. The van der Waals surface area contributed by atoms with E-state index in [1.165, 1.54) is 5.56 Å². The molecule has 0 radical (unpaired) electrons. The van der Waals surface area contributed by atoms with Crippen LogP contribution in [0, 0.1) is 0 Å². The van der Waals surface area contributed by atoms with E-state index in [4.69, 9.17) is 9.47 Å². The van der Waals surface area contributed by atoms with E-state index in [1.807, 2.05) is 32.9 Å². The van der Waals surface area contributed by atoms with Gasteiger partial charge in [0.1, 0.15) is 5.60 Å². The number of aromatic nitrogens is 1. The second kappa shape index (κ2) is 10.2. The molecule has 23 heavy (non-hydrogen) atoms. The highest BCUT2D eigenvalue weighted by Gasteiger charge is 2.15. The van der Waals surface area contributed by atoms with Gasteiger partial charge >= 0.3 is 6.09 Å². The van der Waals surface area contributed by atoms with E-state index in [0.29, 0.717) is 13.2 Å². The fourth-order valence-electron chi connectivity index (χ4n) is 2.06. The number of carbonyl (C=O) groups is 1. The van der Waals surface area contributed by atoms with Gasteiger partial charge in [0, 0.05) is 38.6 Å². The molecule has 0 aromatic carbocycles. The van der Waals surface area contributed by atoms with E-state index in [2.05, 4.69) is 15.6 Å². The van der Waals surface area contributed by atoms with E-state index < -0.39 is 5.60 Å². The number of carbonyl (C=O) groups excluding carboxylic acids is 1. The molecule has 6 nitrogen and oxygen atoms in total. The third-order valence-corrected chi connectivity index (χ3v) is 3.11. The third-order valence-electron chi connectivity index (χ3n) is 3.11. The number of pyridine rings is 1. The van der Waals surface area contributed by atoms with Gasteiger partial charge in [0.15, 0.2) is 0 Å². The van der Waals surface area contributed by atoms with E-state index >= 15 is 0 Å². The lowest BCUT2D eigenvalue weighted by molar-refractivity contribution is 0.0526. The molecule has 0 bridgehead atoms. The maximum Gasteiger partial charge on any atom is 0.407 e. The van der Waals surface area contributed by atoms with Crippen LogP contribution in [-0.4, -0.2) is 43.0 Å². The first-order chi connectivity index (χ1) is 10.9. The van der Waals surface area contributed by atoms with Crippen molar-refractivity contribution in [3.8, 4) is 0 Å². The van der Waals surface area contributed by atoms with Gasteiger partial charge in [0.25, 0.3) is 0 Å². The number of rotatable bonds is 9. The van der Waals surface area contributed by atoms with Crippen LogP contribution in [0.2, 0.25) is 0 Å². The molecular weight excluding hydrogens is 294 g/mol. The number of hydrogen-bond donors (Lipinski definition) is 2. The van der Waals surface area contributed by atoms with Gasteiger partial charge in [-0.25, -0.2) is 4.79 Å². The summed E-state index contributed by atoms with van der Waals surface area (Å²) in [5.41, 5.74) is 0.724. The molecule has 1 atom stereocenters. The summed E-state index contributed by atoms with van der Waals surface area (Å²) in [7, 11) is 1.69. The van der Waals surface area contributed by atoms with E-state index in [-0.39, 0.29) is 12.1 Å².